The molecule has 0 bridgehead atoms. The maximum absolute atomic E-state index is 11.7. The zero-order chi connectivity index (χ0) is 17.8. The van der Waals surface area contributed by atoms with E-state index in [9.17, 15) is 24.8 Å². The summed E-state index contributed by atoms with van der Waals surface area (Å²) in [5, 5.41) is 32.1. The van der Waals surface area contributed by atoms with Crippen molar-refractivity contribution in [3.8, 4) is 0 Å². The second-order valence-electron chi connectivity index (χ2n) is 5.76. The van der Waals surface area contributed by atoms with E-state index < -0.39 is 34.7 Å². The number of benzene rings is 1. The number of hydrogen-bond acceptors (Lipinski definition) is 6. The summed E-state index contributed by atoms with van der Waals surface area (Å²) in [6.45, 7) is 4.79. The summed E-state index contributed by atoms with van der Waals surface area (Å²) in [5.41, 5.74) is -1.16. The molecule has 1 aromatic rings. The molecule has 0 spiro atoms. The molecule has 1 amide bonds. The highest BCUT2D eigenvalue weighted by Gasteiger charge is 2.32. The lowest BCUT2D eigenvalue weighted by Gasteiger charge is -2.24. The molecule has 3 N–H and O–H groups in total. The Balaban J connectivity index is 2.97. The topological polar surface area (TPSA) is 139 Å². The maximum Gasteiger partial charge on any atom is 0.408 e. The van der Waals surface area contributed by atoms with Crippen LogP contribution >= 0.6 is 0 Å². The largest absolute Gasteiger partial charge is 0.480 e. The quantitative estimate of drug-likeness (QED) is 0.551. The molecule has 0 aromatic heterocycles. The molecule has 0 unspecified atom stereocenters. The van der Waals surface area contributed by atoms with Gasteiger partial charge in [-0.15, -0.1) is 0 Å². The van der Waals surface area contributed by atoms with Gasteiger partial charge in [-0.3, -0.25) is 10.1 Å². The molecule has 1 rings (SSSR count). The Morgan fingerprint density at radius 3 is 2.43 bits per heavy atom. The van der Waals surface area contributed by atoms with E-state index >= 15 is 0 Å². The smallest absolute Gasteiger partial charge is 0.408 e. The molecule has 0 aliphatic carbocycles. The van der Waals surface area contributed by atoms with E-state index in [0.29, 0.717) is 0 Å². The van der Waals surface area contributed by atoms with Gasteiger partial charge >= 0.3 is 12.1 Å². The van der Waals surface area contributed by atoms with Gasteiger partial charge in [-0.1, -0.05) is 12.1 Å². The van der Waals surface area contributed by atoms with E-state index in [1.165, 1.54) is 18.2 Å². The van der Waals surface area contributed by atoms with Gasteiger partial charge in [-0.2, -0.15) is 0 Å². The van der Waals surface area contributed by atoms with Crippen LogP contribution in [0.3, 0.4) is 0 Å². The van der Waals surface area contributed by atoms with Crippen LogP contribution in [0.25, 0.3) is 0 Å². The number of amides is 1. The van der Waals surface area contributed by atoms with E-state index in [2.05, 4.69) is 0 Å². The fourth-order valence-corrected chi connectivity index (χ4v) is 1.73. The Bertz CT molecular complexity index is 609. The lowest BCUT2D eigenvalue weighted by molar-refractivity contribution is -0.385. The van der Waals surface area contributed by atoms with Gasteiger partial charge in [0.25, 0.3) is 5.69 Å². The number of aliphatic carboxylic acids is 1. The minimum Gasteiger partial charge on any atom is -0.480 e. The molecule has 0 aliphatic heterocycles. The van der Waals surface area contributed by atoms with Crippen LogP contribution in [0.5, 0.6) is 0 Å². The molecule has 0 saturated heterocycles. The molecule has 0 aliphatic rings. The number of non-ortho nitro benzene ring substituents is 1. The summed E-state index contributed by atoms with van der Waals surface area (Å²) >= 11 is 0. The summed E-state index contributed by atoms with van der Waals surface area (Å²) in [4.78, 5) is 33.0. The van der Waals surface area contributed by atoms with Crippen molar-refractivity contribution in [3.05, 3.63) is 39.9 Å². The predicted octanol–water partition coefficient (Wildman–Crippen LogP) is 1.61. The number of nitrogens with one attached hydrogen (secondary N) is 1. The molecule has 0 saturated carbocycles. The van der Waals surface area contributed by atoms with Crippen LogP contribution < -0.4 is 5.32 Å². The van der Waals surface area contributed by atoms with Crippen LogP contribution in [0, 0.1) is 10.1 Å². The molecule has 0 radical (unpaired) electrons. The van der Waals surface area contributed by atoms with Gasteiger partial charge in [-0.05, 0) is 26.3 Å². The van der Waals surface area contributed by atoms with Crippen LogP contribution in [-0.2, 0) is 9.53 Å². The van der Waals surface area contributed by atoms with Crippen molar-refractivity contribution in [2.45, 2.75) is 38.5 Å². The standard InChI is InChI=1S/C14H18N2O7/c1-14(2,3)23-13(20)15-10(12(18)19)11(17)8-5-4-6-9(7-8)16(21)22/h4-7,10-11,17H,1-3H3,(H,15,20)(H,18,19)/t10-,11+/m1/s1. The van der Waals surface area contributed by atoms with Gasteiger partial charge in [0.05, 0.1) is 4.92 Å². The van der Waals surface area contributed by atoms with E-state index in [1.54, 1.807) is 20.8 Å². The number of alkyl carbamates (subject to hydrolysis) is 1. The number of aliphatic hydroxyl groups is 1. The summed E-state index contributed by atoms with van der Waals surface area (Å²) in [5.74, 6) is -1.50. The number of hydrogen-bond donors (Lipinski definition) is 3. The monoisotopic (exact) mass is 326 g/mol. The van der Waals surface area contributed by atoms with Crippen molar-refractivity contribution in [2.24, 2.45) is 0 Å². The highest BCUT2D eigenvalue weighted by atomic mass is 16.6. The van der Waals surface area contributed by atoms with Crippen molar-refractivity contribution < 1.29 is 29.5 Å². The van der Waals surface area contributed by atoms with Gasteiger partial charge in [0, 0.05) is 12.1 Å². The number of nitrogens with zero attached hydrogens (tertiary/aromatic N) is 1. The highest BCUT2D eigenvalue weighted by molar-refractivity contribution is 5.81. The average molecular weight is 326 g/mol. The Morgan fingerprint density at radius 2 is 1.96 bits per heavy atom. The molecule has 0 heterocycles. The number of nitro benzene ring substituents is 1. The van der Waals surface area contributed by atoms with Crippen LogP contribution in [0.1, 0.15) is 32.4 Å². The molecular weight excluding hydrogens is 308 g/mol. The molecular formula is C14H18N2O7. The van der Waals surface area contributed by atoms with Crippen molar-refractivity contribution in [2.75, 3.05) is 0 Å². The third kappa shape index (κ3) is 5.55. The molecule has 23 heavy (non-hydrogen) atoms. The number of aliphatic hydroxyl groups excluding tert-OH is 1. The number of carboxylic acid groups (broad SMARTS) is 1. The number of carboxylic acids is 1. The zero-order valence-electron chi connectivity index (χ0n) is 12.8. The number of nitro groups is 1. The second-order valence-corrected chi connectivity index (χ2v) is 5.76. The fraction of sp³-hybridized carbons (Fsp3) is 0.429. The minimum absolute atomic E-state index is 0.0114. The third-order valence-corrected chi connectivity index (χ3v) is 2.68. The number of carbonyl (C=O) groups is 2. The molecule has 9 nitrogen and oxygen atoms in total. The zero-order valence-corrected chi connectivity index (χ0v) is 12.8. The van der Waals surface area contributed by atoms with E-state index in [-0.39, 0.29) is 11.3 Å². The average Bonchev–Trinajstić information content (AvgIpc) is 2.42. The summed E-state index contributed by atoms with van der Waals surface area (Å²) < 4.78 is 4.93. The van der Waals surface area contributed by atoms with Crippen LogP contribution in [0.2, 0.25) is 0 Å². The third-order valence-electron chi connectivity index (χ3n) is 2.68. The first-order valence-corrected chi connectivity index (χ1v) is 6.66. The molecule has 9 heteroatoms. The normalized spacial score (nSPS) is 13.7. The van der Waals surface area contributed by atoms with Gasteiger partial charge in [0.1, 0.15) is 11.7 Å². The second kappa shape index (κ2) is 7.05. The Hall–Kier alpha value is -2.68. The van der Waals surface area contributed by atoms with Crippen molar-refractivity contribution in [1.29, 1.82) is 0 Å². The van der Waals surface area contributed by atoms with E-state index in [1.807, 2.05) is 5.32 Å². The van der Waals surface area contributed by atoms with E-state index in [4.69, 9.17) is 9.84 Å². The molecule has 126 valence electrons. The van der Waals surface area contributed by atoms with Crippen molar-refractivity contribution >= 4 is 17.7 Å². The minimum atomic E-state index is -1.72. The maximum atomic E-state index is 11.7. The lowest BCUT2D eigenvalue weighted by Crippen LogP contribution is -2.46. The Labute approximate surface area is 132 Å². The number of ether oxygens (including phenoxy) is 1. The SMILES string of the molecule is CC(C)(C)OC(=O)N[C@@H](C(=O)O)[C@@H](O)c1cccc([N+](=O)[O-])c1. The van der Waals surface area contributed by atoms with Gasteiger partial charge in [0.15, 0.2) is 6.04 Å². The highest BCUT2D eigenvalue weighted by Crippen LogP contribution is 2.22. The van der Waals surface area contributed by atoms with Gasteiger partial charge < -0.3 is 20.3 Å². The number of carbonyl (C=O) groups excluding carboxylic acids is 1. The molecule has 1 aromatic carbocycles. The first kappa shape index (κ1) is 18.4. The summed E-state index contributed by atoms with van der Waals surface area (Å²) in [6.07, 6.45) is -2.70. The van der Waals surface area contributed by atoms with Crippen LogP contribution in [-0.4, -0.2) is 38.8 Å². The summed E-state index contributed by atoms with van der Waals surface area (Å²) in [7, 11) is 0. The molecule has 2 atom stereocenters. The Morgan fingerprint density at radius 1 is 1.35 bits per heavy atom. The number of rotatable bonds is 5. The predicted molar refractivity (Wildman–Crippen MR) is 78.8 cm³/mol. The Kier molecular flexibility index (Phi) is 5.63. The fourth-order valence-electron chi connectivity index (χ4n) is 1.73. The summed E-state index contributed by atoms with van der Waals surface area (Å²) in [6, 6.07) is 3.16. The first-order chi connectivity index (χ1) is 10.5. The van der Waals surface area contributed by atoms with Crippen LogP contribution in [0.4, 0.5) is 10.5 Å². The van der Waals surface area contributed by atoms with Gasteiger partial charge in [0.2, 0.25) is 0 Å². The molecule has 0 fully saturated rings. The van der Waals surface area contributed by atoms with Gasteiger partial charge in [-0.25, -0.2) is 9.59 Å². The van der Waals surface area contributed by atoms with Crippen LogP contribution in [0.15, 0.2) is 24.3 Å². The van der Waals surface area contributed by atoms with Crippen molar-refractivity contribution in [1.82, 2.24) is 5.32 Å². The van der Waals surface area contributed by atoms with E-state index in [0.717, 1.165) is 6.07 Å². The first-order valence-electron chi connectivity index (χ1n) is 6.66. The van der Waals surface area contributed by atoms with Crippen molar-refractivity contribution in [3.63, 3.8) is 0 Å². The lowest BCUT2D eigenvalue weighted by atomic mass is 10.0.